The molecule has 1 aliphatic rings. The fourth-order valence-electron chi connectivity index (χ4n) is 4.45. The van der Waals surface area contributed by atoms with Crippen LogP contribution in [0, 0.1) is 12.3 Å². The minimum absolute atomic E-state index is 0.148. The Balaban J connectivity index is 1.63. The molecule has 0 atom stereocenters. The maximum atomic E-state index is 10.8. The lowest BCUT2D eigenvalue weighted by molar-refractivity contribution is -0.136. The van der Waals surface area contributed by atoms with Gasteiger partial charge < -0.3 is 5.11 Å². The third kappa shape index (κ3) is 3.91. The first-order chi connectivity index (χ1) is 14.3. The molecule has 0 saturated carbocycles. The van der Waals surface area contributed by atoms with Gasteiger partial charge in [-0.2, -0.15) is 10.2 Å². The summed E-state index contributed by atoms with van der Waals surface area (Å²) in [6, 6.07) is 8.19. The fourth-order valence-corrected chi connectivity index (χ4v) is 4.45. The Morgan fingerprint density at radius 3 is 2.80 bits per heavy atom. The van der Waals surface area contributed by atoms with E-state index in [0.717, 1.165) is 53.2 Å². The van der Waals surface area contributed by atoms with E-state index in [9.17, 15) is 4.79 Å². The Morgan fingerprint density at radius 2 is 2.10 bits per heavy atom. The van der Waals surface area contributed by atoms with Gasteiger partial charge in [0.15, 0.2) is 0 Å². The molecule has 0 radical (unpaired) electrons. The summed E-state index contributed by atoms with van der Waals surface area (Å²) in [5.74, 6) is -0.770. The van der Waals surface area contributed by atoms with Crippen molar-refractivity contribution >= 4 is 5.97 Å². The van der Waals surface area contributed by atoms with Crippen LogP contribution in [0.1, 0.15) is 56.0 Å². The van der Waals surface area contributed by atoms with E-state index in [1.54, 1.807) is 0 Å². The topological polar surface area (TPSA) is 83.8 Å². The smallest absolute Gasteiger partial charge is 0.303 e. The van der Waals surface area contributed by atoms with Gasteiger partial charge in [-0.3, -0.25) is 14.6 Å². The minimum Gasteiger partial charge on any atom is -0.481 e. The van der Waals surface area contributed by atoms with Crippen molar-refractivity contribution in [3.63, 3.8) is 0 Å². The molecule has 2 heterocycles. The van der Waals surface area contributed by atoms with Gasteiger partial charge >= 0.3 is 5.97 Å². The second-order valence-corrected chi connectivity index (χ2v) is 9.13. The van der Waals surface area contributed by atoms with Crippen molar-refractivity contribution in [2.24, 2.45) is 5.41 Å². The van der Waals surface area contributed by atoms with E-state index in [-0.39, 0.29) is 6.42 Å². The van der Waals surface area contributed by atoms with Gasteiger partial charge in [-0.25, -0.2) is 0 Å². The highest BCUT2D eigenvalue weighted by Crippen LogP contribution is 2.39. The quantitative estimate of drug-likeness (QED) is 0.616. The van der Waals surface area contributed by atoms with Gasteiger partial charge in [-0.1, -0.05) is 26.0 Å². The molecule has 1 aliphatic carbocycles. The van der Waals surface area contributed by atoms with Crippen molar-refractivity contribution in [3.05, 3.63) is 46.6 Å². The third-order valence-corrected chi connectivity index (χ3v) is 6.24. The standard InChI is InChI=1S/C24H30N4O2/c1-5-28-21-14-24(3,4)11-10-18(21)23(27-28)20-13-19(25-26-20)17-7-6-16(15(2)12-17)8-9-22(29)30/h6-7,12-13H,5,8-11,14H2,1-4H3,(H,25,26)(H,29,30). The number of aromatic amines is 1. The highest BCUT2D eigenvalue weighted by atomic mass is 16.4. The van der Waals surface area contributed by atoms with Crippen molar-refractivity contribution in [1.82, 2.24) is 20.0 Å². The van der Waals surface area contributed by atoms with Gasteiger partial charge in [0.25, 0.3) is 0 Å². The van der Waals surface area contributed by atoms with Gasteiger partial charge in [-0.15, -0.1) is 0 Å². The molecule has 30 heavy (non-hydrogen) atoms. The van der Waals surface area contributed by atoms with Crippen LogP contribution < -0.4 is 0 Å². The number of H-pyrrole nitrogens is 1. The number of hydrogen-bond acceptors (Lipinski definition) is 3. The van der Waals surface area contributed by atoms with Crippen LogP contribution in [0.25, 0.3) is 22.6 Å². The Hall–Kier alpha value is -2.89. The largest absolute Gasteiger partial charge is 0.481 e. The second-order valence-electron chi connectivity index (χ2n) is 9.13. The van der Waals surface area contributed by atoms with Crippen LogP contribution >= 0.6 is 0 Å². The number of carboxylic acid groups (broad SMARTS) is 1. The van der Waals surface area contributed by atoms with Crippen LogP contribution in [0.2, 0.25) is 0 Å². The van der Waals surface area contributed by atoms with Gasteiger partial charge in [-0.05, 0) is 68.2 Å². The maximum Gasteiger partial charge on any atom is 0.303 e. The van der Waals surface area contributed by atoms with Gasteiger partial charge in [0.1, 0.15) is 5.69 Å². The molecule has 3 aromatic rings. The van der Waals surface area contributed by atoms with E-state index in [1.807, 2.05) is 19.1 Å². The number of fused-ring (bicyclic) bond motifs is 1. The summed E-state index contributed by atoms with van der Waals surface area (Å²) in [5, 5.41) is 21.6. The summed E-state index contributed by atoms with van der Waals surface area (Å²) in [7, 11) is 0. The van der Waals surface area contributed by atoms with Crippen molar-refractivity contribution < 1.29 is 9.90 Å². The lowest BCUT2D eigenvalue weighted by atomic mass is 9.76. The number of aliphatic carboxylic acids is 1. The van der Waals surface area contributed by atoms with E-state index < -0.39 is 5.97 Å². The van der Waals surface area contributed by atoms with E-state index in [2.05, 4.69) is 47.8 Å². The van der Waals surface area contributed by atoms with E-state index in [0.29, 0.717) is 11.8 Å². The number of benzene rings is 1. The molecule has 0 fully saturated rings. The van der Waals surface area contributed by atoms with Crippen molar-refractivity contribution in [3.8, 4) is 22.6 Å². The van der Waals surface area contributed by atoms with Crippen LogP contribution in [-0.2, 0) is 30.6 Å². The number of carboxylic acids is 1. The van der Waals surface area contributed by atoms with Crippen molar-refractivity contribution in [2.45, 2.75) is 66.3 Å². The third-order valence-electron chi connectivity index (χ3n) is 6.24. The van der Waals surface area contributed by atoms with Crippen molar-refractivity contribution in [1.29, 1.82) is 0 Å². The van der Waals surface area contributed by atoms with Crippen LogP contribution in [0.15, 0.2) is 24.3 Å². The maximum absolute atomic E-state index is 10.8. The Labute approximate surface area is 177 Å². The Bertz CT molecular complexity index is 1090. The number of carbonyl (C=O) groups is 1. The molecular weight excluding hydrogens is 376 g/mol. The van der Waals surface area contributed by atoms with Gasteiger partial charge in [0.2, 0.25) is 0 Å². The predicted molar refractivity (Wildman–Crippen MR) is 117 cm³/mol. The minimum atomic E-state index is -0.770. The van der Waals surface area contributed by atoms with Gasteiger partial charge in [0.05, 0.1) is 11.4 Å². The van der Waals surface area contributed by atoms with Crippen LogP contribution in [0.5, 0.6) is 0 Å². The molecule has 0 saturated heterocycles. The molecule has 158 valence electrons. The fraction of sp³-hybridized carbons (Fsp3) is 0.458. The summed E-state index contributed by atoms with van der Waals surface area (Å²) in [6.07, 6.45) is 3.96. The average Bonchev–Trinajstić information content (AvgIpc) is 3.30. The molecule has 6 nitrogen and oxygen atoms in total. The van der Waals surface area contributed by atoms with Crippen LogP contribution in [-0.4, -0.2) is 31.1 Å². The first-order valence-corrected chi connectivity index (χ1v) is 10.7. The molecule has 0 bridgehead atoms. The zero-order chi connectivity index (χ0) is 21.5. The first-order valence-electron chi connectivity index (χ1n) is 10.7. The van der Waals surface area contributed by atoms with Crippen molar-refractivity contribution in [2.75, 3.05) is 0 Å². The Kier molecular flexibility index (Phi) is 5.26. The lowest BCUT2D eigenvalue weighted by Gasteiger charge is -2.30. The summed E-state index contributed by atoms with van der Waals surface area (Å²) in [4.78, 5) is 10.8. The zero-order valence-corrected chi connectivity index (χ0v) is 18.2. The Morgan fingerprint density at radius 1 is 1.30 bits per heavy atom. The lowest BCUT2D eigenvalue weighted by Crippen LogP contribution is -2.24. The number of aromatic nitrogens is 4. The predicted octanol–water partition coefficient (Wildman–Crippen LogP) is 4.80. The highest BCUT2D eigenvalue weighted by molar-refractivity contribution is 5.70. The molecule has 0 amide bonds. The number of nitrogens with one attached hydrogen (secondary N) is 1. The van der Waals surface area contributed by atoms with E-state index in [1.165, 1.54) is 17.7 Å². The van der Waals surface area contributed by atoms with E-state index in [4.69, 9.17) is 10.2 Å². The molecule has 6 heteroatoms. The zero-order valence-electron chi connectivity index (χ0n) is 18.2. The molecule has 1 aromatic carbocycles. The monoisotopic (exact) mass is 406 g/mol. The molecular formula is C24H30N4O2. The summed E-state index contributed by atoms with van der Waals surface area (Å²) in [6.45, 7) is 9.70. The van der Waals surface area contributed by atoms with Gasteiger partial charge in [0, 0.05) is 29.8 Å². The SMILES string of the molecule is CCn1nc(-c2cc(-c3ccc(CCC(=O)O)c(C)c3)n[nH]2)c2c1CC(C)(C)CC2. The molecule has 0 unspecified atom stereocenters. The average molecular weight is 407 g/mol. The summed E-state index contributed by atoms with van der Waals surface area (Å²) >= 11 is 0. The molecule has 2 aromatic heterocycles. The molecule has 2 N–H and O–H groups in total. The molecule has 0 aliphatic heterocycles. The van der Waals surface area contributed by atoms with Crippen LogP contribution in [0.3, 0.4) is 0 Å². The number of nitrogens with zero attached hydrogens (tertiary/aromatic N) is 3. The normalized spacial score (nSPS) is 15.2. The van der Waals surface area contributed by atoms with E-state index >= 15 is 0 Å². The summed E-state index contributed by atoms with van der Waals surface area (Å²) < 4.78 is 2.15. The summed E-state index contributed by atoms with van der Waals surface area (Å²) in [5.41, 5.74) is 9.08. The second kappa shape index (κ2) is 7.74. The number of hydrogen-bond donors (Lipinski definition) is 2. The first kappa shape index (κ1) is 20.4. The molecule has 0 spiro atoms. The number of rotatable bonds is 6. The molecule has 4 rings (SSSR count). The van der Waals surface area contributed by atoms with Crippen LogP contribution in [0.4, 0.5) is 0 Å². The number of aryl methyl sites for hydroxylation is 3. The highest BCUT2D eigenvalue weighted by Gasteiger charge is 2.31.